The summed E-state index contributed by atoms with van der Waals surface area (Å²) in [6, 6.07) is 15.1. The van der Waals surface area contributed by atoms with Crippen LogP contribution in [0.25, 0.3) is 11.3 Å². The van der Waals surface area contributed by atoms with Gasteiger partial charge in [0.1, 0.15) is 11.5 Å². The lowest BCUT2D eigenvalue weighted by Crippen LogP contribution is -2.46. The second-order valence-corrected chi connectivity index (χ2v) is 7.69. The molecule has 2 heterocycles. The first-order valence-electron chi connectivity index (χ1n) is 10.4. The number of nitrogens with zero attached hydrogens (tertiary/aromatic N) is 5. The molecule has 3 aromatic rings. The van der Waals surface area contributed by atoms with Crippen LogP contribution in [0.4, 0.5) is 10.1 Å². The van der Waals surface area contributed by atoms with Crippen molar-refractivity contribution < 1.29 is 4.39 Å². The molecular formula is C23H28FN5. The maximum Gasteiger partial charge on any atom is 0.123 e. The predicted octanol–water partition coefficient (Wildman–Crippen LogP) is 4.00. The maximum absolute atomic E-state index is 13.1. The second-order valence-electron chi connectivity index (χ2n) is 7.69. The van der Waals surface area contributed by atoms with E-state index in [-0.39, 0.29) is 5.82 Å². The van der Waals surface area contributed by atoms with Crippen LogP contribution in [0.5, 0.6) is 0 Å². The zero-order valence-electron chi connectivity index (χ0n) is 17.0. The zero-order valence-corrected chi connectivity index (χ0v) is 17.0. The number of aromatic nitrogens is 3. The molecule has 1 fully saturated rings. The molecule has 0 saturated carbocycles. The van der Waals surface area contributed by atoms with Crippen LogP contribution in [0.3, 0.4) is 0 Å². The van der Waals surface area contributed by atoms with E-state index in [1.165, 1.54) is 17.7 Å². The number of unbranched alkanes of at least 4 members (excludes halogenated alkanes) is 1. The van der Waals surface area contributed by atoms with E-state index in [1.807, 2.05) is 35.1 Å². The molecule has 4 rings (SSSR count). The largest absolute Gasteiger partial charge is 0.369 e. The van der Waals surface area contributed by atoms with Gasteiger partial charge in [-0.2, -0.15) is 0 Å². The molecule has 0 spiro atoms. The normalized spacial score (nSPS) is 15.0. The Kier molecular flexibility index (Phi) is 6.20. The first kappa shape index (κ1) is 19.6. The lowest BCUT2D eigenvalue weighted by Gasteiger charge is -2.36. The molecule has 152 valence electrons. The van der Waals surface area contributed by atoms with Crippen molar-refractivity contribution >= 4 is 5.69 Å². The van der Waals surface area contributed by atoms with Crippen molar-refractivity contribution in [2.24, 2.45) is 0 Å². The van der Waals surface area contributed by atoms with Crippen LogP contribution in [0.15, 0.2) is 54.7 Å². The standard InChI is InChI=1S/C23H28FN5/c1-19-6-2-3-7-22(19)23-18-29(26-25-23)13-5-4-12-27-14-16-28(17-15-27)21-10-8-20(24)9-11-21/h2-3,6-11,18H,4-5,12-17H2,1H3. The van der Waals surface area contributed by atoms with Crippen molar-refractivity contribution in [2.75, 3.05) is 37.6 Å². The van der Waals surface area contributed by atoms with Crippen LogP contribution < -0.4 is 4.90 Å². The van der Waals surface area contributed by atoms with Gasteiger partial charge in [-0.3, -0.25) is 9.58 Å². The molecule has 1 aliphatic rings. The summed E-state index contributed by atoms with van der Waals surface area (Å²) in [5.74, 6) is -0.175. The predicted molar refractivity (Wildman–Crippen MR) is 114 cm³/mol. The molecule has 5 nitrogen and oxygen atoms in total. The molecule has 0 radical (unpaired) electrons. The highest BCUT2D eigenvalue weighted by molar-refractivity contribution is 5.61. The van der Waals surface area contributed by atoms with Crippen molar-refractivity contribution in [1.82, 2.24) is 19.9 Å². The maximum atomic E-state index is 13.1. The van der Waals surface area contributed by atoms with Crippen LogP contribution in [-0.2, 0) is 6.54 Å². The molecule has 1 aliphatic heterocycles. The highest BCUT2D eigenvalue weighted by Gasteiger charge is 2.16. The molecule has 0 aliphatic carbocycles. The van der Waals surface area contributed by atoms with Gasteiger partial charge in [-0.15, -0.1) is 5.10 Å². The summed E-state index contributed by atoms with van der Waals surface area (Å²) in [7, 11) is 0. The third kappa shape index (κ3) is 5.01. The van der Waals surface area contributed by atoms with Crippen LogP contribution in [0.1, 0.15) is 18.4 Å². The zero-order chi connectivity index (χ0) is 20.1. The number of halogens is 1. The van der Waals surface area contributed by atoms with E-state index in [0.717, 1.165) is 69.1 Å². The fourth-order valence-corrected chi connectivity index (χ4v) is 3.88. The van der Waals surface area contributed by atoms with Crippen molar-refractivity contribution in [3.63, 3.8) is 0 Å². The second kappa shape index (κ2) is 9.18. The first-order valence-corrected chi connectivity index (χ1v) is 10.4. The van der Waals surface area contributed by atoms with E-state index in [9.17, 15) is 4.39 Å². The Labute approximate surface area is 171 Å². The van der Waals surface area contributed by atoms with Gasteiger partial charge in [-0.1, -0.05) is 29.5 Å². The van der Waals surface area contributed by atoms with Gasteiger partial charge in [0.05, 0.1) is 6.20 Å². The van der Waals surface area contributed by atoms with Gasteiger partial charge in [0.2, 0.25) is 0 Å². The molecule has 6 heteroatoms. The highest BCUT2D eigenvalue weighted by Crippen LogP contribution is 2.20. The molecule has 1 saturated heterocycles. The number of piperazine rings is 1. The summed E-state index contributed by atoms with van der Waals surface area (Å²) >= 11 is 0. The smallest absolute Gasteiger partial charge is 0.123 e. The Morgan fingerprint density at radius 3 is 2.38 bits per heavy atom. The number of rotatable bonds is 7. The minimum Gasteiger partial charge on any atom is -0.369 e. The van der Waals surface area contributed by atoms with Gasteiger partial charge in [0.25, 0.3) is 0 Å². The number of benzene rings is 2. The fraction of sp³-hybridized carbons (Fsp3) is 0.391. The topological polar surface area (TPSA) is 37.2 Å². The number of hydrogen-bond acceptors (Lipinski definition) is 4. The summed E-state index contributed by atoms with van der Waals surface area (Å²) in [6.07, 6.45) is 4.29. The quantitative estimate of drug-likeness (QED) is 0.569. The van der Waals surface area contributed by atoms with E-state index in [0.29, 0.717) is 0 Å². The number of aryl methyl sites for hydroxylation is 2. The Bertz CT molecular complexity index is 913. The minimum absolute atomic E-state index is 0.175. The third-order valence-corrected chi connectivity index (χ3v) is 5.64. The van der Waals surface area contributed by atoms with Crippen LogP contribution >= 0.6 is 0 Å². The SMILES string of the molecule is Cc1ccccc1-c1cn(CCCCN2CCN(c3ccc(F)cc3)CC2)nn1. The Balaban J connectivity index is 1.18. The number of anilines is 1. The van der Waals surface area contributed by atoms with E-state index in [2.05, 4.69) is 39.2 Å². The average Bonchev–Trinajstić information content (AvgIpc) is 3.21. The monoisotopic (exact) mass is 393 g/mol. The fourth-order valence-electron chi connectivity index (χ4n) is 3.88. The van der Waals surface area contributed by atoms with E-state index < -0.39 is 0 Å². The molecule has 0 atom stereocenters. The van der Waals surface area contributed by atoms with Crippen LogP contribution in [-0.4, -0.2) is 52.6 Å². The molecule has 29 heavy (non-hydrogen) atoms. The van der Waals surface area contributed by atoms with Crippen molar-refractivity contribution in [1.29, 1.82) is 0 Å². The molecule has 0 amide bonds. The highest BCUT2D eigenvalue weighted by atomic mass is 19.1. The molecule has 2 aromatic carbocycles. The average molecular weight is 394 g/mol. The van der Waals surface area contributed by atoms with Gasteiger partial charge in [-0.25, -0.2) is 4.39 Å². The molecular weight excluding hydrogens is 365 g/mol. The summed E-state index contributed by atoms with van der Waals surface area (Å²) in [4.78, 5) is 4.85. The van der Waals surface area contributed by atoms with Gasteiger partial charge in [0.15, 0.2) is 0 Å². The van der Waals surface area contributed by atoms with Gasteiger partial charge in [0, 0.05) is 44.0 Å². The minimum atomic E-state index is -0.175. The van der Waals surface area contributed by atoms with Crippen molar-refractivity contribution in [3.8, 4) is 11.3 Å². The first-order chi connectivity index (χ1) is 14.2. The summed E-state index contributed by atoms with van der Waals surface area (Å²) in [5, 5.41) is 8.62. The van der Waals surface area contributed by atoms with E-state index in [4.69, 9.17) is 0 Å². The Morgan fingerprint density at radius 2 is 1.62 bits per heavy atom. The Morgan fingerprint density at radius 1 is 0.897 bits per heavy atom. The lowest BCUT2D eigenvalue weighted by atomic mass is 10.1. The van der Waals surface area contributed by atoms with E-state index in [1.54, 1.807) is 0 Å². The molecule has 0 unspecified atom stereocenters. The van der Waals surface area contributed by atoms with Crippen molar-refractivity contribution in [2.45, 2.75) is 26.3 Å². The molecule has 0 N–H and O–H groups in total. The van der Waals surface area contributed by atoms with Gasteiger partial charge < -0.3 is 4.90 Å². The summed E-state index contributed by atoms with van der Waals surface area (Å²) in [5.41, 5.74) is 4.43. The van der Waals surface area contributed by atoms with Crippen molar-refractivity contribution in [3.05, 3.63) is 66.1 Å². The van der Waals surface area contributed by atoms with Crippen LogP contribution in [0, 0.1) is 12.7 Å². The Hall–Kier alpha value is -2.73. The van der Waals surface area contributed by atoms with Crippen LogP contribution in [0.2, 0.25) is 0 Å². The van der Waals surface area contributed by atoms with Gasteiger partial charge >= 0.3 is 0 Å². The summed E-state index contributed by atoms with van der Waals surface area (Å²) < 4.78 is 15.0. The molecule has 1 aromatic heterocycles. The third-order valence-electron chi connectivity index (χ3n) is 5.64. The molecule has 0 bridgehead atoms. The van der Waals surface area contributed by atoms with Gasteiger partial charge in [-0.05, 0) is 56.1 Å². The number of hydrogen-bond donors (Lipinski definition) is 0. The van der Waals surface area contributed by atoms with E-state index >= 15 is 0 Å². The summed E-state index contributed by atoms with van der Waals surface area (Å²) in [6.45, 7) is 8.20. The lowest BCUT2D eigenvalue weighted by molar-refractivity contribution is 0.250.